The highest BCUT2D eigenvalue weighted by Crippen LogP contribution is 2.23. The van der Waals surface area contributed by atoms with Crippen LogP contribution in [0.2, 0.25) is 0 Å². The van der Waals surface area contributed by atoms with E-state index in [0.29, 0.717) is 19.0 Å². The van der Waals surface area contributed by atoms with Gasteiger partial charge in [-0.1, -0.05) is 18.6 Å². The fraction of sp³-hybridized carbons (Fsp3) is 0.474. The van der Waals surface area contributed by atoms with Gasteiger partial charge >= 0.3 is 6.03 Å². The van der Waals surface area contributed by atoms with E-state index in [1.807, 2.05) is 48.3 Å². The number of hydrogen-bond donors (Lipinski definition) is 3. The van der Waals surface area contributed by atoms with Gasteiger partial charge in [0.2, 0.25) is 0 Å². The molecule has 2 aromatic rings. The Hall–Kier alpha value is -2.34. The summed E-state index contributed by atoms with van der Waals surface area (Å²) in [6, 6.07) is 7.58. The first kappa shape index (κ1) is 17.5. The highest BCUT2D eigenvalue weighted by Gasteiger charge is 2.20. The van der Waals surface area contributed by atoms with Crippen LogP contribution in [0.25, 0.3) is 0 Å². The van der Waals surface area contributed by atoms with Gasteiger partial charge < -0.3 is 15.7 Å². The largest absolute Gasteiger partial charge is 0.393 e. The van der Waals surface area contributed by atoms with E-state index in [1.165, 1.54) is 0 Å². The van der Waals surface area contributed by atoms with Crippen molar-refractivity contribution in [3.8, 4) is 0 Å². The zero-order chi connectivity index (χ0) is 17.6. The molecule has 1 aromatic carbocycles. The van der Waals surface area contributed by atoms with E-state index >= 15 is 0 Å². The summed E-state index contributed by atoms with van der Waals surface area (Å²) in [4.78, 5) is 12.0. The zero-order valence-corrected chi connectivity index (χ0v) is 14.6. The summed E-state index contributed by atoms with van der Waals surface area (Å²) in [5, 5.41) is 19.7. The number of amides is 2. The van der Waals surface area contributed by atoms with Crippen LogP contribution < -0.4 is 10.6 Å². The number of carbonyl (C=O) groups excluding carboxylic acids is 1. The molecule has 0 aliphatic heterocycles. The quantitative estimate of drug-likeness (QED) is 0.782. The van der Waals surface area contributed by atoms with Gasteiger partial charge in [0.1, 0.15) is 0 Å². The summed E-state index contributed by atoms with van der Waals surface area (Å²) in [6.45, 7) is 3.34. The number of aliphatic hydroxyl groups is 1. The van der Waals surface area contributed by atoms with Crippen molar-refractivity contribution < 1.29 is 9.90 Å². The lowest BCUT2D eigenvalue weighted by molar-refractivity contribution is 0.101. The van der Waals surface area contributed by atoms with E-state index in [1.54, 1.807) is 0 Å². The normalized spacial score (nSPS) is 20.2. The number of nitrogens with zero attached hydrogens (tertiary/aromatic N) is 2. The minimum Gasteiger partial charge on any atom is -0.393 e. The van der Waals surface area contributed by atoms with Crippen LogP contribution >= 0.6 is 0 Å². The van der Waals surface area contributed by atoms with Crippen molar-refractivity contribution in [3.05, 3.63) is 47.8 Å². The van der Waals surface area contributed by atoms with Crippen LogP contribution in [-0.4, -0.2) is 33.6 Å². The molecule has 3 N–H and O–H groups in total. The molecule has 1 aliphatic rings. The molecule has 134 valence electrons. The summed E-state index contributed by atoms with van der Waals surface area (Å²) >= 11 is 0. The van der Waals surface area contributed by atoms with E-state index in [-0.39, 0.29) is 12.1 Å². The maximum atomic E-state index is 12.0. The van der Waals surface area contributed by atoms with Crippen LogP contribution in [0.15, 0.2) is 36.7 Å². The number of aliphatic hydroxyl groups excluding tert-OH is 1. The Morgan fingerprint density at radius 2 is 2.12 bits per heavy atom. The van der Waals surface area contributed by atoms with Gasteiger partial charge in [0.25, 0.3) is 0 Å². The minimum absolute atomic E-state index is 0.199. The van der Waals surface area contributed by atoms with Gasteiger partial charge in [0.05, 0.1) is 18.8 Å². The molecule has 1 fully saturated rings. The first-order valence-electron chi connectivity index (χ1n) is 8.89. The second-order valence-electron chi connectivity index (χ2n) is 6.93. The Bertz CT molecular complexity index is 696. The average Bonchev–Trinajstić information content (AvgIpc) is 3.00. The molecule has 6 heteroatoms. The molecule has 1 aliphatic carbocycles. The highest BCUT2D eigenvalue weighted by atomic mass is 16.3. The van der Waals surface area contributed by atoms with Crippen LogP contribution in [0.1, 0.15) is 36.8 Å². The third kappa shape index (κ3) is 5.32. The molecule has 3 rings (SSSR count). The Kier molecular flexibility index (Phi) is 5.71. The maximum Gasteiger partial charge on any atom is 0.319 e. The summed E-state index contributed by atoms with van der Waals surface area (Å²) in [5.41, 5.74) is 3.03. The molecular formula is C19H26N4O2. The van der Waals surface area contributed by atoms with Crippen molar-refractivity contribution in [1.29, 1.82) is 0 Å². The van der Waals surface area contributed by atoms with Gasteiger partial charge in [-0.05, 0) is 55.4 Å². The molecule has 1 aromatic heterocycles. The second kappa shape index (κ2) is 8.16. The number of benzene rings is 1. The Morgan fingerprint density at radius 1 is 1.32 bits per heavy atom. The van der Waals surface area contributed by atoms with Crippen molar-refractivity contribution in [2.45, 2.75) is 45.3 Å². The predicted octanol–water partition coefficient (Wildman–Crippen LogP) is 2.91. The number of anilines is 1. The molecule has 1 saturated carbocycles. The second-order valence-corrected chi connectivity index (χ2v) is 6.93. The molecule has 6 nitrogen and oxygen atoms in total. The van der Waals surface area contributed by atoms with Crippen LogP contribution in [0.4, 0.5) is 10.5 Å². The molecule has 1 heterocycles. The van der Waals surface area contributed by atoms with Crippen molar-refractivity contribution in [3.63, 3.8) is 0 Å². The van der Waals surface area contributed by atoms with Crippen LogP contribution in [-0.2, 0) is 6.54 Å². The zero-order valence-electron chi connectivity index (χ0n) is 14.6. The number of hydrogen-bond acceptors (Lipinski definition) is 3. The Labute approximate surface area is 148 Å². The number of aromatic nitrogens is 2. The summed E-state index contributed by atoms with van der Waals surface area (Å²) < 4.78 is 1.89. The predicted molar refractivity (Wildman–Crippen MR) is 97.5 cm³/mol. The van der Waals surface area contributed by atoms with Crippen molar-refractivity contribution >= 4 is 11.7 Å². The minimum atomic E-state index is -0.213. The van der Waals surface area contributed by atoms with Gasteiger partial charge in [0, 0.05) is 18.4 Å². The molecule has 0 spiro atoms. The fourth-order valence-corrected chi connectivity index (χ4v) is 3.29. The molecular weight excluding hydrogens is 316 g/mol. The maximum absolute atomic E-state index is 12.0. The Morgan fingerprint density at radius 3 is 2.80 bits per heavy atom. The lowest BCUT2D eigenvalue weighted by Gasteiger charge is -2.25. The smallest absolute Gasteiger partial charge is 0.319 e. The number of nitrogens with one attached hydrogen (secondary N) is 2. The lowest BCUT2D eigenvalue weighted by atomic mass is 9.87. The first-order chi connectivity index (χ1) is 12.1. The molecule has 0 bridgehead atoms. The van der Waals surface area contributed by atoms with Gasteiger partial charge in [-0.15, -0.1) is 0 Å². The standard InChI is InChI=1S/C19H26N4O2/c1-14-10-21-23(12-14)13-15-5-7-17(8-6-15)22-19(25)20-11-16-3-2-4-18(24)9-16/h5-8,10,12,16,18,24H,2-4,9,11,13H2,1H3,(H2,20,22,25). The molecule has 25 heavy (non-hydrogen) atoms. The summed E-state index contributed by atoms with van der Waals surface area (Å²) in [5.74, 6) is 0.370. The van der Waals surface area contributed by atoms with Crippen LogP contribution in [0.3, 0.4) is 0 Å². The molecule has 2 atom stereocenters. The van der Waals surface area contributed by atoms with E-state index in [0.717, 1.165) is 42.5 Å². The highest BCUT2D eigenvalue weighted by molar-refractivity contribution is 5.89. The van der Waals surface area contributed by atoms with Crippen molar-refractivity contribution in [2.24, 2.45) is 5.92 Å². The van der Waals surface area contributed by atoms with Gasteiger partial charge in [-0.2, -0.15) is 5.10 Å². The van der Waals surface area contributed by atoms with E-state index in [4.69, 9.17) is 0 Å². The third-order valence-electron chi connectivity index (χ3n) is 4.63. The van der Waals surface area contributed by atoms with Crippen LogP contribution in [0.5, 0.6) is 0 Å². The van der Waals surface area contributed by atoms with E-state index in [2.05, 4.69) is 15.7 Å². The monoisotopic (exact) mass is 342 g/mol. The average molecular weight is 342 g/mol. The lowest BCUT2D eigenvalue weighted by Crippen LogP contribution is -2.35. The van der Waals surface area contributed by atoms with Crippen LogP contribution in [0, 0.1) is 12.8 Å². The topological polar surface area (TPSA) is 79.2 Å². The van der Waals surface area contributed by atoms with Gasteiger partial charge in [0.15, 0.2) is 0 Å². The van der Waals surface area contributed by atoms with E-state index in [9.17, 15) is 9.90 Å². The molecule has 2 unspecified atom stereocenters. The molecule has 0 saturated heterocycles. The molecule has 2 amide bonds. The van der Waals surface area contributed by atoms with E-state index < -0.39 is 0 Å². The van der Waals surface area contributed by atoms with Gasteiger partial charge in [-0.3, -0.25) is 4.68 Å². The van der Waals surface area contributed by atoms with Gasteiger partial charge in [-0.25, -0.2) is 4.79 Å². The number of rotatable bonds is 5. The number of aryl methyl sites for hydroxylation is 1. The third-order valence-corrected chi connectivity index (χ3v) is 4.63. The van der Waals surface area contributed by atoms with Crippen molar-refractivity contribution in [1.82, 2.24) is 15.1 Å². The fourth-order valence-electron chi connectivity index (χ4n) is 3.29. The number of urea groups is 1. The number of carbonyl (C=O) groups is 1. The first-order valence-corrected chi connectivity index (χ1v) is 8.89. The summed E-state index contributed by atoms with van der Waals surface area (Å²) in [6.07, 6.45) is 7.39. The summed E-state index contributed by atoms with van der Waals surface area (Å²) in [7, 11) is 0. The Balaban J connectivity index is 1.45. The molecule has 0 radical (unpaired) electrons. The SMILES string of the molecule is Cc1cnn(Cc2ccc(NC(=O)NCC3CCCC(O)C3)cc2)c1. The van der Waals surface area contributed by atoms with Crippen molar-refractivity contribution in [2.75, 3.05) is 11.9 Å².